The van der Waals surface area contributed by atoms with Gasteiger partial charge < -0.3 is 0 Å². The first kappa shape index (κ1) is 9.48. The number of carbonyl (C=O) groups excluding carboxylic acids is 2. The molecule has 0 aliphatic heterocycles. The standard InChI is InChI=1S/C4H4N2O5/c7-3-5-1-2-9-11-10-6-4-8/h1-2H2. The van der Waals surface area contributed by atoms with Gasteiger partial charge in [0.1, 0.15) is 6.61 Å². The number of hydrogen-bond acceptors (Lipinski definition) is 7. The van der Waals surface area contributed by atoms with Gasteiger partial charge in [-0.3, -0.25) is 0 Å². The quantitative estimate of drug-likeness (QED) is 0.171. The van der Waals surface area contributed by atoms with E-state index < -0.39 is 0 Å². The van der Waals surface area contributed by atoms with E-state index in [2.05, 4.69) is 25.1 Å². The van der Waals surface area contributed by atoms with E-state index in [1.165, 1.54) is 6.08 Å². The molecule has 0 atom stereocenters. The molecule has 0 bridgehead atoms. The van der Waals surface area contributed by atoms with Gasteiger partial charge in [-0.25, -0.2) is 14.6 Å². The zero-order valence-corrected chi connectivity index (χ0v) is 5.35. The normalized spacial score (nSPS) is 7.64. The molecule has 0 unspecified atom stereocenters. The SMILES string of the molecule is O=C=NCCOOON=C=O. The lowest BCUT2D eigenvalue weighted by Gasteiger charge is -1.92. The molecule has 11 heavy (non-hydrogen) atoms. The van der Waals surface area contributed by atoms with Gasteiger partial charge in [-0.15, -0.1) is 0 Å². The Morgan fingerprint density at radius 3 is 2.73 bits per heavy atom. The Morgan fingerprint density at radius 1 is 1.27 bits per heavy atom. The Morgan fingerprint density at radius 2 is 2.09 bits per heavy atom. The van der Waals surface area contributed by atoms with E-state index in [1.54, 1.807) is 0 Å². The minimum atomic E-state index is 0.00359. The summed E-state index contributed by atoms with van der Waals surface area (Å²) < 4.78 is 0. The summed E-state index contributed by atoms with van der Waals surface area (Å²) in [5.41, 5.74) is 0. The smallest absolute Gasteiger partial charge is 0.211 e. The van der Waals surface area contributed by atoms with E-state index in [-0.39, 0.29) is 13.2 Å². The highest BCUT2D eigenvalue weighted by Crippen LogP contribution is 1.80. The summed E-state index contributed by atoms with van der Waals surface area (Å²) in [5, 5.41) is 6.33. The van der Waals surface area contributed by atoms with Gasteiger partial charge in [0, 0.05) is 10.2 Å². The van der Waals surface area contributed by atoms with Gasteiger partial charge in [0.25, 0.3) is 6.08 Å². The predicted octanol–water partition coefficient (Wildman–Crippen LogP) is -0.547. The van der Waals surface area contributed by atoms with Crippen molar-refractivity contribution < 1.29 is 24.5 Å². The van der Waals surface area contributed by atoms with Gasteiger partial charge in [-0.1, -0.05) is 0 Å². The molecule has 0 saturated heterocycles. The molecule has 0 aromatic rings. The van der Waals surface area contributed by atoms with E-state index in [4.69, 9.17) is 0 Å². The van der Waals surface area contributed by atoms with Crippen LogP contribution < -0.4 is 0 Å². The van der Waals surface area contributed by atoms with Crippen molar-refractivity contribution in [2.45, 2.75) is 0 Å². The molecule has 0 fully saturated rings. The largest absolute Gasteiger partial charge is 0.280 e. The zero-order chi connectivity index (χ0) is 8.36. The minimum Gasteiger partial charge on any atom is -0.211 e. The van der Waals surface area contributed by atoms with Crippen LogP contribution in [-0.4, -0.2) is 25.3 Å². The van der Waals surface area contributed by atoms with Crippen molar-refractivity contribution in [1.82, 2.24) is 0 Å². The second-order valence-corrected chi connectivity index (χ2v) is 1.12. The van der Waals surface area contributed by atoms with Crippen LogP contribution in [0, 0.1) is 0 Å². The molecule has 0 rings (SSSR count). The highest BCUT2D eigenvalue weighted by atomic mass is 17.5. The summed E-state index contributed by atoms with van der Waals surface area (Å²) in [6.45, 7) is 0.0985. The highest BCUT2D eigenvalue weighted by molar-refractivity contribution is 5.32. The molecule has 0 spiro atoms. The Labute approximate surface area is 61.1 Å². The monoisotopic (exact) mass is 160 g/mol. The van der Waals surface area contributed by atoms with Crippen LogP contribution in [0.1, 0.15) is 0 Å². The fourth-order valence-corrected chi connectivity index (χ4v) is 0.215. The van der Waals surface area contributed by atoms with Gasteiger partial charge in [0.15, 0.2) is 0 Å². The molecule has 0 aromatic carbocycles. The van der Waals surface area contributed by atoms with E-state index in [1.807, 2.05) is 0 Å². The van der Waals surface area contributed by atoms with Crippen molar-refractivity contribution in [1.29, 1.82) is 0 Å². The van der Waals surface area contributed by atoms with Crippen molar-refractivity contribution >= 4 is 12.2 Å². The number of aliphatic imine (C=N–C) groups is 1. The van der Waals surface area contributed by atoms with Crippen molar-refractivity contribution in [3.05, 3.63) is 0 Å². The van der Waals surface area contributed by atoms with Gasteiger partial charge in [0.2, 0.25) is 6.08 Å². The molecule has 0 aliphatic carbocycles. The molecule has 60 valence electrons. The predicted molar refractivity (Wildman–Crippen MR) is 29.2 cm³/mol. The lowest BCUT2D eigenvalue weighted by Crippen LogP contribution is -1.97. The first-order valence-corrected chi connectivity index (χ1v) is 2.48. The van der Waals surface area contributed by atoms with Gasteiger partial charge in [-0.05, 0) is 0 Å². The molecule has 0 aromatic heterocycles. The molecule has 0 radical (unpaired) electrons. The molecule has 7 heteroatoms. The molecular formula is C4H4N2O5. The maximum absolute atomic E-state index is 9.45. The lowest BCUT2D eigenvalue weighted by molar-refractivity contribution is -0.513. The Bertz CT molecular complexity index is 161. The third-order valence-corrected chi connectivity index (χ3v) is 0.504. The van der Waals surface area contributed by atoms with E-state index in [0.29, 0.717) is 0 Å². The maximum atomic E-state index is 9.45. The Balaban J connectivity index is 3.02. The number of hydrogen-bond donors (Lipinski definition) is 0. The van der Waals surface area contributed by atoms with E-state index in [0.717, 1.165) is 6.08 Å². The van der Waals surface area contributed by atoms with E-state index >= 15 is 0 Å². The van der Waals surface area contributed by atoms with Crippen LogP contribution in [0.15, 0.2) is 10.1 Å². The topological polar surface area (TPSA) is 86.6 Å². The maximum Gasteiger partial charge on any atom is 0.280 e. The van der Waals surface area contributed by atoms with Crippen LogP contribution in [0.2, 0.25) is 0 Å². The van der Waals surface area contributed by atoms with Crippen LogP contribution in [-0.2, 0) is 24.5 Å². The number of rotatable bonds is 6. The third-order valence-electron chi connectivity index (χ3n) is 0.504. The fourth-order valence-electron chi connectivity index (χ4n) is 0.215. The van der Waals surface area contributed by atoms with Crippen LogP contribution >= 0.6 is 0 Å². The molecule has 0 N–H and O–H groups in total. The van der Waals surface area contributed by atoms with Gasteiger partial charge in [-0.2, -0.15) is 9.88 Å². The average molecular weight is 160 g/mol. The van der Waals surface area contributed by atoms with Crippen LogP contribution in [0.3, 0.4) is 0 Å². The number of nitrogens with zero attached hydrogens (tertiary/aromatic N) is 2. The molecule has 0 amide bonds. The van der Waals surface area contributed by atoms with Gasteiger partial charge >= 0.3 is 0 Å². The highest BCUT2D eigenvalue weighted by Gasteiger charge is 1.85. The Kier molecular flexibility index (Phi) is 7.31. The van der Waals surface area contributed by atoms with Crippen molar-refractivity contribution in [2.75, 3.05) is 13.2 Å². The summed E-state index contributed by atoms with van der Waals surface area (Å²) in [4.78, 5) is 29.8. The molecule has 0 aliphatic rings. The summed E-state index contributed by atoms with van der Waals surface area (Å²) in [7, 11) is 0. The second-order valence-electron chi connectivity index (χ2n) is 1.12. The van der Waals surface area contributed by atoms with E-state index in [9.17, 15) is 9.59 Å². The van der Waals surface area contributed by atoms with Crippen LogP contribution in [0.25, 0.3) is 0 Å². The third kappa shape index (κ3) is 8.48. The summed E-state index contributed by atoms with van der Waals surface area (Å²) in [6, 6.07) is 0. The minimum absolute atomic E-state index is 0.00359. The van der Waals surface area contributed by atoms with Gasteiger partial charge in [0.05, 0.1) is 6.54 Å². The molecule has 7 nitrogen and oxygen atoms in total. The first-order chi connectivity index (χ1) is 5.41. The number of isocyanates is 2. The lowest BCUT2D eigenvalue weighted by atomic mass is 10.7. The second kappa shape index (κ2) is 8.48. The average Bonchev–Trinajstić information content (AvgIpc) is 2.03. The fraction of sp³-hybridized carbons (Fsp3) is 0.500. The summed E-state index contributed by atoms with van der Waals surface area (Å²) in [6.07, 6.45) is 2.31. The van der Waals surface area contributed by atoms with Crippen molar-refractivity contribution in [3.63, 3.8) is 0 Å². The summed E-state index contributed by atoms with van der Waals surface area (Å²) in [5.74, 6) is 0. The molecule has 0 saturated carbocycles. The molecule has 0 heterocycles. The first-order valence-electron chi connectivity index (χ1n) is 2.48. The zero-order valence-electron chi connectivity index (χ0n) is 5.35. The molecular weight excluding hydrogens is 156 g/mol. The van der Waals surface area contributed by atoms with Crippen molar-refractivity contribution in [2.24, 2.45) is 10.1 Å². The van der Waals surface area contributed by atoms with Crippen LogP contribution in [0.5, 0.6) is 0 Å². The summed E-state index contributed by atoms with van der Waals surface area (Å²) >= 11 is 0. The Hall–Kier alpha value is -1.52. The van der Waals surface area contributed by atoms with Crippen LogP contribution in [0.4, 0.5) is 0 Å². The van der Waals surface area contributed by atoms with Crippen molar-refractivity contribution in [3.8, 4) is 0 Å².